The number of fused-ring (bicyclic) bond motifs is 10. The van der Waals surface area contributed by atoms with Gasteiger partial charge in [-0.15, -0.1) is 0 Å². The minimum atomic E-state index is -1.14. The van der Waals surface area contributed by atoms with E-state index in [-0.39, 0.29) is 29.8 Å². The van der Waals surface area contributed by atoms with Gasteiger partial charge >= 0.3 is 18.0 Å². The highest BCUT2D eigenvalue weighted by molar-refractivity contribution is 5.99. The van der Waals surface area contributed by atoms with Gasteiger partial charge in [0.2, 0.25) is 11.9 Å². The maximum atomic E-state index is 13.4. The van der Waals surface area contributed by atoms with E-state index in [2.05, 4.69) is 41.5 Å². The molecule has 0 unspecified atom stereocenters. The maximum Gasteiger partial charge on any atom is 0.330 e. The van der Waals surface area contributed by atoms with Crippen molar-refractivity contribution in [3.05, 3.63) is 53.6 Å². The van der Waals surface area contributed by atoms with Crippen LogP contribution in [0.5, 0.6) is 17.5 Å². The molecule has 246 valence electrons. The minimum Gasteiger partial charge on any atom is -0.494 e. The quantitative estimate of drug-likeness (QED) is 0.239. The van der Waals surface area contributed by atoms with E-state index < -0.39 is 23.9 Å². The van der Waals surface area contributed by atoms with Crippen LogP contribution in [0.15, 0.2) is 42.5 Å². The van der Waals surface area contributed by atoms with Crippen LogP contribution in [0.1, 0.15) is 48.5 Å². The van der Waals surface area contributed by atoms with Gasteiger partial charge in [-0.2, -0.15) is 15.0 Å². The first kappa shape index (κ1) is 33.6. The van der Waals surface area contributed by atoms with Gasteiger partial charge in [0, 0.05) is 25.3 Å². The number of ether oxygens (including phenoxy) is 4. The van der Waals surface area contributed by atoms with E-state index >= 15 is 0 Å². The van der Waals surface area contributed by atoms with Crippen molar-refractivity contribution >= 4 is 35.5 Å². The summed E-state index contributed by atoms with van der Waals surface area (Å²) in [6.07, 6.45) is 3.48. The fourth-order valence-electron chi connectivity index (χ4n) is 4.39. The topological polar surface area (TPSA) is 187 Å². The average molecular weight is 637 g/mol. The lowest BCUT2D eigenvalue weighted by atomic mass is 10.1. The number of methoxy groups -OCH3 is 1. The Bertz CT molecular complexity index is 1470. The molecule has 2 aliphatic heterocycles. The van der Waals surface area contributed by atoms with Gasteiger partial charge in [0.05, 0.1) is 39.0 Å². The monoisotopic (exact) mass is 636 g/mol. The largest absolute Gasteiger partial charge is 0.494 e. The highest BCUT2D eigenvalue weighted by atomic mass is 16.5. The van der Waals surface area contributed by atoms with Gasteiger partial charge in [0.25, 0.3) is 5.91 Å². The first-order valence-electron chi connectivity index (χ1n) is 15.1. The molecule has 6 bridgehead atoms. The van der Waals surface area contributed by atoms with E-state index in [1.165, 1.54) is 14.2 Å². The summed E-state index contributed by atoms with van der Waals surface area (Å²) in [7, 11) is 2.64. The lowest BCUT2D eigenvalue weighted by Gasteiger charge is -2.19. The number of carbonyl (C=O) groups excluding carboxylic acids is 3. The average Bonchev–Trinajstić information content (AvgIpc) is 3.06. The summed E-state index contributed by atoms with van der Waals surface area (Å²) in [5.74, 6) is 0.287. The first-order chi connectivity index (χ1) is 22.4. The number of hydrogen-bond donors (Lipinski definition) is 5. The lowest BCUT2D eigenvalue weighted by molar-refractivity contribution is -0.142. The van der Waals surface area contributed by atoms with Crippen molar-refractivity contribution in [1.29, 1.82) is 0 Å². The van der Waals surface area contributed by atoms with Gasteiger partial charge in [-0.25, -0.2) is 9.59 Å². The maximum absolute atomic E-state index is 13.4. The fourth-order valence-corrected chi connectivity index (χ4v) is 4.39. The third-order valence-electron chi connectivity index (χ3n) is 6.79. The molecule has 0 spiro atoms. The van der Waals surface area contributed by atoms with Crippen molar-refractivity contribution in [2.75, 3.05) is 51.2 Å². The number of urea groups is 1. The summed E-state index contributed by atoms with van der Waals surface area (Å²) in [6, 6.07) is 11.2. The number of benzene rings is 2. The number of esters is 1. The van der Waals surface area contributed by atoms with Crippen LogP contribution in [0.25, 0.3) is 0 Å². The van der Waals surface area contributed by atoms with Crippen LogP contribution in [-0.2, 0) is 16.1 Å². The molecular weight excluding hydrogens is 596 g/mol. The summed E-state index contributed by atoms with van der Waals surface area (Å²) >= 11 is 0. The molecule has 3 amide bonds. The molecule has 2 aliphatic rings. The van der Waals surface area contributed by atoms with E-state index in [0.717, 1.165) is 37.0 Å². The van der Waals surface area contributed by atoms with Gasteiger partial charge in [0.15, 0.2) is 0 Å². The zero-order chi connectivity index (χ0) is 32.7. The van der Waals surface area contributed by atoms with Crippen LogP contribution < -0.4 is 40.8 Å². The number of nitrogens with one attached hydrogen (secondary N) is 5. The third kappa shape index (κ3) is 10.1. The third-order valence-corrected chi connectivity index (χ3v) is 6.79. The van der Waals surface area contributed by atoms with Crippen molar-refractivity contribution in [3.63, 3.8) is 0 Å². The summed E-state index contributed by atoms with van der Waals surface area (Å²) < 4.78 is 22.4. The normalized spacial score (nSPS) is 14.0. The van der Waals surface area contributed by atoms with E-state index in [4.69, 9.17) is 18.9 Å². The van der Waals surface area contributed by atoms with Crippen molar-refractivity contribution in [3.8, 4) is 17.5 Å². The van der Waals surface area contributed by atoms with Crippen LogP contribution in [0.4, 0.5) is 22.4 Å². The minimum absolute atomic E-state index is 0.135. The zero-order valence-corrected chi connectivity index (χ0v) is 26.2. The first-order valence-corrected chi connectivity index (χ1v) is 15.1. The molecular formula is C31H40N8O7. The second kappa shape index (κ2) is 17.2. The molecule has 1 aromatic heterocycles. The van der Waals surface area contributed by atoms with Gasteiger partial charge in [0.1, 0.15) is 17.5 Å². The number of aromatic nitrogens is 3. The van der Waals surface area contributed by atoms with Crippen LogP contribution in [0.2, 0.25) is 0 Å². The predicted octanol–water partition coefficient (Wildman–Crippen LogP) is 3.16. The molecule has 5 rings (SSSR count). The summed E-state index contributed by atoms with van der Waals surface area (Å²) in [6.45, 7) is 3.41. The number of carbonyl (C=O) groups is 3. The van der Waals surface area contributed by atoms with Crippen molar-refractivity contribution in [2.24, 2.45) is 0 Å². The van der Waals surface area contributed by atoms with Crippen LogP contribution in [0, 0.1) is 0 Å². The van der Waals surface area contributed by atoms with Gasteiger partial charge in [-0.1, -0.05) is 12.1 Å². The van der Waals surface area contributed by atoms with Crippen LogP contribution >= 0.6 is 0 Å². The Balaban J connectivity index is 1.60. The molecule has 5 N–H and O–H groups in total. The number of anilines is 3. The Hall–Kier alpha value is -5.34. The number of rotatable bonds is 7. The predicted molar refractivity (Wildman–Crippen MR) is 170 cm³/mol. The molecule has 15 heteroatoms. The summed E-state index contributed by atoms with van der Waals surface area (Å²) in [5, 5.41) is 13.9. The molecule has 15 nitrogen and oxygen atoms in total. The molecule has 0 radical (unpaired) electrons. The van der Waals surface area contributed by atoms with Crippen LogP contribution in [-0.4, -0.2) is 79.4 Å². The lowest BCUT2D eigenvalue weighted by Crippen LogP contribution is -2.50. The second-order valence-corrected chi connectivity index (χ2v) is 10.2. The number of amides is 3. The standard InChI is InChI=1S/C31H40N8O7/c1-4-44-31-38-28-33-18-20-9-12-22(13-10-20)45-15-7-5-6-8-16-46-25-17-21(35-29(37-28)39-31)11-14-23(25)26(40)36-24(27(41)43-3)19-34-30(42)32-2/h9-14,17,24H,4-8,15-16,18-19H2,1-3H3,(H,36,40)(H2,32,34,42)(H2,33,35,37,38,39)/t24-/m0/s1. The van der Waals surface area contributed by atoms with Gasteiger partial charge < -0.3 is 45.5 Å². The Labute approximate surface area is 267 Å². The van der Waals surface area contributed by atoms with Crippen molar-refractivity contribution < 1.29 is 33.3 Å². The Kier molecular flexibility index (Phi) is 12.6. The Morgan fingerprint density at radius 1 is 0.957 bits per heavy atom. The van der Waals surface area contributed by atoms with Gasteiger partial charge in [-0.3, -0.25) is 4.79 Å². The van der Waals surface area contributed by atoms with E-state index in [1.54, 1.807) is 18.2 Å². The highest BCUT2D eigenvalue weighted by Gasteiger charge is 2.25. The smallest absolute Gasteiger partial charge is 0.330 e. The molecule has 3 heterocycles. The van der Waals surface area contributed by atoms with Crippen LogP contribution in [0.3, 0.4) is 0 Å². The van der Waals surface area contributed by atoms with E-state index in [1.807, 2.05) is 31.2 Å². The molecule has 0 saturated heterocycles. The molecule has 3 aromatic rings. The summed E-state index contributed by atoms with van der Waals surface area (Å²) in [5.41, 5.74) is 1.74. The molecule has 0 saturated carbocycles. The van der Waals surface area contributed by atoms with E-state index in [9.17, 15) is 14.4 Å². The Morgan fingerprint density at radius 3 is 2.41 bits per heavy atom. The van der Waals surface area contributed by atoms with Crippen molar-refractivity contribution in [1.82, 2.24) is 30.9 Å². The molecule has 46 heavy (non-hydrogen) atoms. The number of nitrogens with zero attached hydrogens (tertiary/aromatic N) is 3. The van der Waals surface area contributed by atoms with Gasteiger partial charge in [-0.05, 0) is 62.4 Å². The molecule has 1 atom stereocenters. The molecule has 0 aliphatic carbocycles. The summed E-state index contributed by atoms with van der Waals surface area (Å²) in [4.78, 5) is 50.7. The van der Waals surface area contributed by atoms with E-state index in [0.29, 0.717) is 38.0 Å². The second-order valence-electron chi connectivity index (χ2n) is 10.2. The highest BCUT2D eigenvalue weighted by Crippen LogP contribution is 2.27. The van der Waals surface area contributed by atoms with Crippen molar-refractivity contribution in [2.45, 2.75) is 45.2 Å². The zero-order valence-electron chi connectivity index (χ0n) is 26.2. The fraction of sp³-hybridized carbons (Fsp3) is 0.419. The Morgan fingerprint density at radius 2 is 1.70 bits per heavy atom. The SMILES string of the molecule is CCOc1nc2nc(n1)Nc1ccc(C(=O)N[C@@H](CNC(=O)NC)C(=O)OC)c(c1)OCCCCCCOc1ccc(cc1)CN2. The molecule has 0 fully saturated rings. The molecule has 2 aromatic carbocycles. The number of hydrogen-bond acceptors (Lipinski definition) is 12.